The van der Waals surface area contributed by atoms with Gasteiger partial charge in [-0.25, -0.2) is 0 Å². The van der Waals surface area contributed by atoms with Gasteiger partial charge in [0.05, 0.1) is 22.3 Å². The molecule has 0 bridgehead atoms. The number of pyridine rings is 2. The zero-order chi connectivity index (χ0) is 21.8. The topological polar surface area (TPSA) is 109 Å². The molecule has 5 aromatic rings. The van der Waals surface area contributed by atoms with E-state index in [1.54, 1.807) is 48.5 Å². The quantitative estimate of drug-likeness (QED) is 0.333. The minimum absolute atomic E-state index is 0.142. The fourth-order valence-corrected chi connectivity index (χ4v) is 4.68. The lowest BCUT2D eigenvalue weighted by Gasteiger charge is -2.16. The van der Waals surface area contributed by atoms with E-state index >= 15 is 0 Å². The molecular formula is C23H18N2O5S. The first-order chi connectivity index (χ1) is 14.8. The third-order valence-corrected chi connectivity index (χ3v) is 6.38. The van der Waals surface area contributed by atoms with Crippen LogP contribution in [-0.4, -0.2) is 28.3 Å². The molecule has 8 heteroatoms. The van der Waals surface area contributed by atoms with Crippen LogP contribution in [0.4, 0.5) is 0 Å². The van der Waals surface area contributed by atoms with E-state index < -0.39 is 15.9 Å². The Morgan fingerprint density at radius 2 is 1.45 bits per heavy atom. The smallest absolute Gasteiger partial charge is 0.264 e. The van der Waals surface area contributed by atoms with E-state index in [0.29, 0.717) is 43.6 Å². The highest BCUT2D eigenvalue weighted by atomic mass is 32.2. The first-order valence-corrected chi connectivity index (χ1v) is 11.4. The van der Waals surface area contributed by atoms with E-state index in [1.807, 2.05) is 16.7 Å². The van der Waals surface area contributed by atoms with Crippen LogP contribution in [0.2, 0.25) is 0 Å². The van der Waals surface area contributed by atoms with Crippen molar-refractivity contribution in [1.29, 1.82) is 0 Å². The van der Waals surface area contributed by atoms with Gasteiger partial charge in [0.1, 0.15) is 0 Å². The SMILES string of the molecule is O=c1c2ccccc2[nH]c2cc3c(=O)c4ccccc4n(CCCS(=O)(=O)O)c3cc12. The molecule has 0 saturated carbocycles. The number of para-hydroxylation sites is 2. The number of nitrogens with one attached hydrogen (secondary N) is 1. The number of H-pyrrole nitrogens is 1. The molecule has 0 radical (unpaired) electrons. The van der Waals surface area contributed by atoms with Gasteiger partial charge in [0.15, 0.2) is 10.9 Å². The van der Waals surface area contributed by atoms with E-state index in [0.717, 1.165) is 0 Å². The highest BCUT2D eigenvalue weighted by molar-refractivity contribution is 7.85. The van der Waals surface area contributed by atoms with E-state index in [2.05, 4.69) is 4.98 Å². The Morgan fingerprint density at radius 1 is 0.774 bits per heavy atom. The summed E-state index contributed by atoms with van der Waals surface area (Å²) < 4.78 is 33.3. The van der Waals surface area contributed by atoms with Crippen LogP contribution in [0.1, 0.15) is 6.42 Å². The number of rotatable bonds is 4. The van der Waals surface area contributed by atoms with Crippen molar-refractivity contribution in [2.75, 3.05) is 5.75 Å². The van der Waals surface area contributed by atoms with E-state index in [1.165, 1.54) is 0 Å². The van der Waals surface area contributed by atoms with Crippen LogP contribution < -0.4 is 10.9 Å². The number of aryl methyl sites for hydroxylation is 1. The summed E-state index contributed by atoms with van der Waals surface area (Å²) in [4.78, 5) is 29.6. The minimum atomic E-state index is -4.10. The Labute approximate surface area is 176 Å². The average molecular weight is 434 g/mol. The van der Waals surface area contributed by atoms with Gasteiger partial charge in [0.2, 0.25) is 0 Å². The van der Waals surface area contributed by atoms with Crippen LogP contribution in [0, 0.1) is 0 Å². The maximum atomic E-state index is 13.2. The summed E-state index contributed by atoms with van der Waals surface area (Å²) in [5.41, 5.74) is 2.14. The fourth-order valence-electron chi connectivity index (χ4n) is 4.19. The summed E-state index contributed by atoms with van der Waals surface area (Å²) in [5.74, 6) is -0.395. The lowest BCUT2D eigenvalue weighted by molar-refractivity contribution is 0.479. The highest BCUT2D eigenvalue weighted by Crippen LogP contribution is 2.24. The zero-order valence-corrected chi connectivity index (χ0v) is 17.1. The maximum absolute atomic E-state index is 13.2. The van der Waals surface area contributed by atoms with Crippen molar-refractivity contribution >= 4 is 53.7 Å². The van der Waals surface area contributed by atoms with Gasteiger partial charge in [0.25, 0.3) is 10.1 Å². The molecule has 7 nitrogen and oxygen atoms in total. The Bertz CT molecular complexity index is 1730. The summed E-state index contributed by atoms with van der Waals surface area (Å²) in [7, 11) is -4.10. The standard InChI is InChI=1S/C23H18N2O5S/c26-22-14-6-1-3-8-18(14)24-19-12-17-21(13-16(19)22)25(10-5-11-31(28,29)30)20-9-4-2-7-15(20)23(17)27/h1-4,6-9,12-13H,5,10-11H2,(H,24,26)(H,28,29,30). The summed E-state index contributed by atoms with van der Waals surface area (Å²) in [6.45, 7) is 0.258. The monoisotopic (exact) mass is 434 g/mol. The molecule has 3 aromatic carbocycles. The van der Waals surface area contributed by atoms with Gasteiger partial charge in [-0.2, -0.15) is 8.42 Å². The van der Waals surface area contributed by atoms with Crippen LogP contribution in [0.15, 0.2) is 70.3 Å². The van der Waals surface area contributed by atoms with Gasteiger partial charge < -0.3 is 9.55 Å². The Hall–Kier alpha value is -3.49. The van der Waals surface area contributed by atoms with Crippen LogP contribution in [0.5, 0.6) is 0 Å². The van der Waals surface area contributed by atoms with Gasteiger partial charge in [-0.15, -0.1) is 0 Å². The second kappa shape index (κ2) is 7.04. The van der Waals surface area contributed by atoms with E-state index in [9.17, 15) is 18.0 Å². The van der Waals surface area contributed by atoms with Crippen molar-refractivity contribution in [1.82, 2.24) is 9.55 Å². The number of fused-ring (bicyclic) bond motifs is 4. The Balaban J connectivity index is 1.88. The molecule has 0 fully saturated rings. The molecule has 0 aliphatic rings. The number of aromatic nitrogens is 2. The lowest BCUT2D eigenvalue weighted by atomic mass is 10.0. The molecule has 0 spiro atoms. The molecule has 0 aliphatic carbocycles. The number of benzene rings is 3. The normalized spacial score (nSPS) is 12.3. The minimum Gasteiger partial charge on any atom is -0.354 e. The molecule has 31 heavy (non-hydrogen) atoms. The molecule has 5 rings (SSSR count). The van der Waals surface area contributed by atoms with Crippen molar-refractivity contribution in [3.63, 3.8) is 0 Å². The van der Waals surface area contributed by atoms with Crippen molar-refractivity contribution in [2.24, 2.45) is 0 Å². The number of nitrogens with zero attached hydrogens (tertiary/aromatic N) is 1. The Morgan fingerprint density at radius 3 is 2.23 bits per heavy atom. The molecule has 2 heterocycles. The molecular weight excluding hydrogens is 416 g/mol. The molecule has 156 valence electrons. The van der Waals surface area contributed by atoms with Crippen LogP contribution in [-0.2, 0) is 16.7 Å². The van der Waals surface area contributed by atoms with Crippen molar-refractivity contribution in [3.8, 4) is 0 Å². The van der Waals surface area contributed by atoms with Gasteiger partial charge in [0, 0.05) is 33.6 Å². The predicted octanol–water partition coefficient (Wildman–Crippen LogP) is 3.43. The van der Waals surface area contributed by atoms with Crippen LogP contribution in [0.3, 0.4) is 0 Å². The zero-order valence-electron chi connectivity index (χ0n) is 16.3. The fraction of sp³-hybridized carbons (Fsp3) is 0.130. The first-order valence-electron chi connectivity index (χ1n) is 9.79. The van der Waals surface area contributed by atoms with Crippen molar-refractivity contribution in [3.05, 3.63) is 81.1 Å². The summed E-state index contributed by atoms with van der Waals surface area (Å²) in [6, 6.07) is 17.7. The molecule has 0 aliphatic heterocycles. The highest BCUT2D eigenvalue weighted by Gasteiger charge is 2.15. The summed E-state index contributed by atoms with van der Waals surface area (Å²) in [5, 5.41) is 1.94. The Kier molecular flexibility index (Phi) is 4.42. The molecule has 2 aromatic heterocycles. The lowest BCUT2D eigenvalue weighted by Crippen LogP contribution is -2.15. The van der Waals surface area contributed by atoms with Gasteiger partial charge in [-0.1, -0.05) is 24.3 Å². The van der Waals surface area contributed by atoms with Gasteiger partial charge >= 0.3 is 0 Å². The number of hydrogen-bond donors (Lipinski definition) is 2. The van der Waals surface area contributed by atoms with Crippen LogP contribution in [0.25, 0.3) is 43.6 Å². The molecule has 0 unspecified atom stereocenters. The average Bonchev–Trinajstić information content (AvgIpc) is 2.75. The number of hydrogen-bond acceptors (Lipinski definition) is 4. The third-order valence-electron chi connectivity index (χ3n) is 5.58. The second-order valence-corrected chi connectivity index (χ2v) is 9.12. The maximum Gasteiger partial charge on any atom is 0.264 e. The van der Waals surface area contributed by atoms with Crippen molar-refractivity contribution < 1.29 is 13.0 Å². The molecule has 0 atom stereocenters. The van der Waals surface area contributed by atoms with Crippen molar-refractivity contribution in [2.45, 2.75) is 13.0 Å². The first kappa shape index (κ1) is 19.5. The van der Waals surface area contributed by atoms with Gasteiger partial charge in [-0.3, -0.25) is 14.1 Å². The number of aromatic amines is 1. The van der Waals surface area contributed by atoms with Gasteiger partial charge in [-0.05, 0) is 42.8 Å². The predicted molar refractivity (Wildman–Crippen MR) is 122 cm³/mol. The summed E-state index contributed by atoms with van der Waals surface area (Å²) >= 11 is 0. The molecule has 2 N–H and O–H groups in total. The van der Waals surface area contributed by atoms with E-state index in [-0.39, 0.29) is 23.8 Å². The molecule has 0 amide bonds. The molecule has 0 saturated heterocycles. The summed E-state index contributed by atoms with van der Waals surface area (Å²) in [6.07, 6.45) is 0.160. The van der Waals surface area contributed by atoms with E-state index in [4.69, 9.17) is 4.55 Å². The third kappa shape index (κ3) is 3.30. The largest absolute Gasteiger partial charge is 0.354 e. The van der Waals surface area contributed by atoms with Crippen LogP contribution >= 0.6 is 0 Å². The second-order valence-electron chi connectivity index (χ2n) is 7.55.